The Balaban J connectivity index is 2.44. The van der Waals surface area contributed by atoms with Crippen LogP contribution in [0.5, 0.6) is 0 Å². The van der Waals surface area contributed by atoms with Gasteiger partial charge in [0.2, 0.25) is 15.7 Å². The summed E-state index contributed by atoms with van der Waals surface area (Å²) >= 11 is 6.12. The second kappa shape index (κ2) is 7.45. The van der Waals surface area contributed by atoms with Gasteiger partial charge in [0.25, 0.3) is 0 Å². The van der Waals surface area contributed by atoms with Crippen molar-refractivity contribution >= 4 is 33.0 Å². The van der Waals surface area contributed by atoms with Crippen LogP contribution in [0.1, 0.15) is 11.1 Å². The summed E-state index contributed by atoms with van der Waals surface area (Å²) in [5.41, 5.74) is 2.02. The maximum Gasteiger partial charge on any atom is 0.241 e. The van der Waals surface area contributed by atoms with Gasteiger partial charge < -0.3 is 10.2 Å². The Kier molecular flexibility index (Phi) is 5.75. The molecule has 0 aliphatic heterocycles. The lowest BCUT2D eigenvalue weighted by molar-refractivity contribution is -0.126. The highest BCUT2D eigenvalue weighted by atomic mass is 35.5. The zero-order valence-corrected chi connectivity index (χ0v) is 16.2. The lowest BCUT2D eigenvalue weighted by Gasteiger charge is -2.16. The van der Waals surface area contributed by atoms with E-state index in [2.05, 4.69) is 5.32 Å². The Bertz CT molecular complexity index is 891. The van der Waals surface area contributed by atoms with Gasteiger partial charge in [-0.2, -0.15) is 0 Å². The number of hydrogen-bond donors (Lipinski definition) is 1. The van der Waals surface area contributed by atoms with Gasteiger partial charge in [-0.3, -0.25) is 4.79 Å². The van der Waals surface area contributed by atoms with Crippen LogP contribution in [0.25, 0.3) is 0 Å². The monoisotopic (exact) mass is 380 g/mol. The van der Waals surface area contributed by atoms with E-state index < -0.39 is 9.84 Å². The van der Waals surface area contributed by atoms with Crippen LogP contribution in [0.4, 0.5) is 5.69 Å². The second-order valence-electron chi connectivity index (χ2n) is 6.03. The van der Waals surface area contributed by atoms with Gasteiger partial charge in [-0.15, -0.1) is 0 Å². The van der Waals surface area contributed by atoms with Crippen LogP contribution in [0.3, 0.4) is 0 Å². The molecule has 1 amide bonds. The largest absolute Gasteiger partial charge is 0.376 e. The van der Waals surface area contributed by atoms with Crippen molar-refractivity contribution in [3.8, 4) is 0 Å². The normalized spacial score (nSPS) is 11.2. The highest BCUT2D eigenvalue weighted by Crippen LogP contribution is 2.32. The van der Waals surface area contributed by atoms with Crippen molar-refractivity contribution in [1.82, 2.24) is 4.90 Å². The third-order valence-corrected chi connectivity index (χ3v) is 5.99. The third kappa shape index (κ3) is 4.32. The quantitative estimate of drug-likeness (QED) is 0.864. The first-order valence-electron chi connectivity index (χ1n) is 7.69. The molecule has 0 saturated heterocycles. The van der Waals surface area contributed by atoms with Crippen molar-refractivity contribution in [2.75, 3.05) is 26.0 Å². The summed E-state index contributed by atoms with van der Waals surface area (Å²) in [6.45, 7) is 3.64. The number of sulfone groups is 1. The molecule has 2 aromatic rings. The van der Waals surface area contributed by atoms with Gasteiger partial charge in [0.1, 0.15) is 0 Å². The molecule has 2 rings (SSSR count). The molecule has 0 radical (unpaired) electrons. The highest BCUT2D eigenvalue weighted by molar-refractivity contribution is 7.91. The van der Waals surface area contributed by atoms with E-state index in [1.54, 1.807) is 51.4 Å². The molecule has 0 atom stereocenters. The SMILES string of the molecule is Cc1ccc(S(=O)(=O)c2cc(Cl)cc(NCC(=O)N(C)C)c2C)cc1. The number of likely N-dealkylation sites (N-methyl/N-ethyl adjacent to an activating group) is 1. The third-order valence-electron chi connectivity index (χ3n) is 3.87. The fourth-order valence-corrected chi connectivity index (χ4v) is 4.12. The van der Waals surface area contributed by atoms with Crippen molar-refractivity contribution in [3.63, 3.8) is 0 Å². The lowest BCUT2D eigenvalue weighted by Crippen LogP contribution is -2.28. The molecule has 25 heavy (non-hydrogen) atoms. The molecule has 0 unspecified atom stereocenters. The minimum atomic E-state index is -3.71. The van der Waals surface area contributed by atoms with Gasteiger partial charge in [0.05, 0.1) is 16.3 Å². The first kappa shape index (κ1) is 19.3. The van der Waals surface area contributed by atoms with E-state index in [-0.39, 0.29) is 27.3 Å². The first-order valence-corrected chi connectivity index (χ1v) is 9.55. The fourth-order valence-electron chi connectivity index (χ4n) is 2.29. The molecule has 0 aliphatic rings. The van der Waals surface area contributed by atoms with Crippen LogP contribution in [-0.4, -0.2) is 39.9 Å². The zero-order chi connectivity index (χ0) is 18.8. The number of carbonyl (C=O) groups excluding carboxylic acids is 1. The van der Waals surface area contributed by atoms with Crippen LogP contribution in [-0.2, 0) is 14.6 Å². The van der Waals surface area contributed by atoms with Crippen molar-refractivity contribution in [3.05, 3.63) is 52.5 Å². The number of rotatable bonds is 5. The minimum Gasteiger partial charge on any atom is -0.376 e. The molecule has 0 spiro atoms. The molecule has 0 fully saturated rings. The predicted octanol–water partition coefficient (Wildman–Crippen LogP) is 3.29. The molecule has 2 aromatic carbocycles. The number of benzene rings is 2. The minimum absolute atomic E-state index is 0.0538. The maximum absolute atomic E-state index is 13.0. The molecular formula is C18H21ClN2O3S. The predicted molar refractivity (Wildman–Crippen MR) is 100 cm³/mol. The standard InChI is InChI=1S/C18H21ClN2O3S/c1-12-5-7-15(8-6-12)25(23,24)17-10-14(19)9-16(13(17)2)20-11-18(22)21(3)4/h5-10,20H,11H2,1-4H3. The average Bonchev–Trinajstić information content (AvgIpc) is 2.55. The number of nitrogens with one attached hydrogen (secondary N) is 1. The summed E-state index contributed by atoms with van der Waals surface area (Å²) in [6.07, 6.45) is 0. The summed E-state index contributed by atoms with van der Waals surface area (Å²) in [4.78, 5) is 13.6. The number of anilines is 1. The van der Waals surface area contributed by atoms with E-state index in [9.17, 15) is 13.2 Å². The molecule has 0 aromatic heterocycles. The highest BCUT2D eigenvalue weighted by Gasteiger charge is 2.22. The molecular weight excluding hydrogens is 360 g/mol. The molecule has 134 valence electrons. The van der Waals surface area contributed by atoms with Gasteiger partial charge >= 0.3 is 0 Å². The lowest BCUT2D eigenvalue weighted by atomic mass is 10.2. The van der Waals surface area contributed by atoms with Crippen molar-refractivity contribution in [2.24, 2.45) is 0 Å². The number of carbonyl (C=O) groups is 1. The summed E-state index contributed by atoms with van der Waals surface area (Å²) in [5.74, 6) is -0.123. The van der Waals surface area contributed by atoms with Gasteiger partial charge in [0.15, 0.2) is 0 Å². The van der Waals surface area contributed by atoms with Crippen molar-refractivity contribution in [1.29, 1.82) is 0 Å². The second-order valence-corrected chi connectivity index (χ2v) is 8.39. The first-order chi connectivity index (χ1) is 11.6. The summed E-state index contributed by atoms with van der Waals surface area (Å²) < 4.78 is 25.9. The van der Waals surface area contributed by atoms with Gasteiger partial charge in [-0.05, 0) is 43.7 Å². The van der Waals surface area contributed by atoms with Gasteiger partial charge in [-0.1, -0.05) is 29.3 Å². The molecule has 1 N–H and O–H groups in total. The van der Waals surface area contributed by atoms with E-state index in [1.807, 2.05) is 6.92 Å². The number of nitrogens with zero attached hydrogens (tertiary/aromatic N) is 1. The molecule has 0 bridgehead atoms. The van der Waals surface area contributed by atoms with E-state index in [1.165, 1.54) is 11.0 Å². The fraction of sp³-hybridized carbons (Fsp3) is 0.278. The smallest absolute Gasteiger partial charge is 0.241 e. The zero-order valence-electron chi connectivity index (χ0n) is 14.6. The van der Waals surface area contributed by atoms with Gasteiger partial charge in [-0.25, -0.2) is 8.42 Å². The number of aryl methyl sites for hydroxylation is 1. The van der Waals surface area contributed by atoms with Crippen LogP contribution >= 0.6 is 11.6 Å². The molecule has 0 heterocycles. The Labute approximate surface area is 153 Å². The Morgan fingerprint density at radius 2 is 1.72 bits per heavy atom. The Morgan fingerprint density at radius 1 is 1.12 bits per heavy atom. The van der Waals surface area contributed by atoms with E-state index in [0.717, 1.165) is 5.56 Å². The summed E-state index contributed by atoms with van der Waals surface area (Å²) in [5, 5.41) is 3.26. The Hall–Kier alpha value is -2.05. The number of halogens is 1. The van der Waals surface area contributed by atoms with Crippen molar-refractivity contribution in [2.45, 2.75) is 23.6 Å². The van der Waals surface area contributed by atoms with Crippen LogP contribution in [0, 0.1) is 13.8 Å². The topological polar surface area (TPSA) is 66.5 Å². The number of amides is 1. The molecule has 0 aliphatic carbocycles. The maximum atomic E-state index is 13.0. The number of hydrogen-bond acceptors (Lipinski definition) is 4. The van der Waals surface area contributed by atoms with Crippen LogP contribution in [0.2, 0.25) is 5.02 Å². The van der Waals surface area contributed by atoms with E-state index in [0.29, 0.717) is 11.3 Å². The molecule has 7 heteroatoms. The molecule has 5 nitrogen and oxygen atoms in total. The summed E-state index contributed by atoms with van der Waals surface area (Å²) in [7, 11) is -0.396. The summed E-state index contributed by atoms with van der Waals surface area (Å²) in [6, 6.07) is 9.71. The van der Waals surface area contributed by atoms with Crippen LogP contribution < -0.4 is 5.32 Å². The molecule has 0 saturated carbocycles. The van der Waals surface area contributed by atoms with E-state index in [4.69, 9.17) is 11.6 Å². The van der Waals surface area contributed by atoms with Crippen LogP contribution in [0.15, 0.2) is 46.2 Å². The van der Waals surface area contributed by atoms with Crippen molar-refractivity contribution < 1.29 is 13.2 Å². The van der Waals surface area contributed by atoms with E-state index >= 15 is 0 Å². The average molecular weight is 381 g/mol. The van der Waals surface area contributed by atoms with Gasteiger partial charge in [0, 0.05) is 24.8 Å². The Morgan fingerprint density at radius 3 is 2.28 bits per heavy atom.